The zero-order valence-corrected chi connectivity index (χ0v) is 10.0. The number of hydrogen-bond donors (Lipinski definition) is 0. The van der Waals surface area contributed by atoms with Gasteiger partial charge in [-0.1, -0.05) is 0 Å². The quantitative estimate of drug-likeness (QED) is 0.608. The third-order valence-corrected chi connectivity index (χ3v) is 2.97. The van der Waals surface area contributed by atoms with Gasteiger partial charge in [-0.2, -0.15) is 0 Å². The zero-order valence-electron chi connectivity index (χ0n) is 10.0. The zero-order chi connectivity index (χ0) is 11.5. The highest BCUT2D eigenvalue weighted by Crippen LogP contribution is 2.13. The summed E-state index contributed by atoms with van der Waals surface area (Å²) in [5, 5.41) is 0. The van der Waals surface area contributed by atoms with Crippen molar-refractivity contribution in [1.82, 2.24) is 9.80 Å². The van der Waals surface area contributed by atoms with Gasteiger partial charge in [-0.3, -0.25) is 0 Å². The van der Waals surface area contributed by atoms with Crippen molar-refractivity contribution in [3.8, 4) is 0 Å². The molecular weight excluding hydrogens is 208 g/mol. The summed E-state index contributed by atoms with van der Waals surface area (Å²) in [4.78, 5) is 15.9. The van der Waals surface area contributed by atoms with Crippen LogP contribution < -0.4 is 0 Å². The molecule has 2 saturated heterocycles. The van der Waals surface area contributed by atoms with E-state index in [1.807, 2.05) is 23.6 Å². The number of carbonyl (C=O) groups excluding carboxylic acids is 1. The molecule has 0 saturated carbocycles. The Bertz CT molecular complexity index is 244. The minimum Gasteiger partial charge on any atom is -0.378 e. The van der Waals surface area contributed by atoms with E-state index in [9.17, 15) is 4.79 Å². The first-order valence-electron chi connectivity index (χ1n) is 5.94. The first kappa shape index (κ1) is 11.7. The van der Waals surface area contributed by atoms with Gasteiger partial charge < -0.3 is 19.3 Å². The topological polar surface area (TPSA) is 42.0 Å². The van der Waals surface area contributed by atoms with Crippen LogP contribution >= 0.6 is 0 Å². The van der Waals surface area contributed by atoms with E-state index in [1.165, 1.54) is 0 Å². The maximum Gasteiger partial charge on any atom is 0.320 e. The van der Waals surface area contributed by atoms with Crippen molar-refractivity contribution in [3.05, 3.63) is 0 Å². The molecule has 2 rings (SSSR count). The molecule has 5 nitrogen and oxygen atoms in total. The Balaban J connectivity index is 1.92. The Hall–Kier alpha value is -0.810. The molecule has 0 N–H and O–H groups in total. The molecule has 0 unspecified atom stereocenters. The van der Waals surface area contributed by atoms with Gasteiger partial charge in [0.15, 0.2) is 0 Å². The molecule has 16 heavy (non-hydrogen) atoms. The van der Waals surface area contributed by atoms with E-state index in [2.05, 4.69) is 0 Å². The number of amides is 2. The third kappa shape index (κ3) is 2.65. The molecule has 0 aliphatic carbocycles. The highest BCUT2D eigenvalue weighted by atomic mass is 16.5. The van der Waals surface area contributed by atoms with Crippen molar-refractivity contribution < 1.29 is 14.3 Å². The van der Waals surface area contributed by atoms with Crippen molar-refractivity contribution in [1.29, 1.82) is 0 Å². The lowest BCUT2D eigenvalue weighted by atomic mass is 10.2. The number of nitrogens with zero attached hydrogens (tertiary/aromatic N) is 2. The second-order valence-electron chi connectivity index (χ2n) is 4.54. The van der Waals surface area contributed by atoms with Crippen LogP contribution in [0.5, 0.6) is 0 Å². The maximum atomic E-state index is 12.2. The highest BCUT2D eigenvalue weighted by molar-refractivity contribution is 5.74. The summed E-state index contributed by atoms with van der Waals surface area (Å²) >= 11 is 0. The largest absolute Gasteiger partial charge is 0.378 e. The van der Waals surface area contributed by atoms with Gasteiger partial charge >= 0.3 is 6.03 Å². The van der Waals surface area contributed by atoms with E-state index in [4.69, 9.17) is 9.47 Å². The molecule has 0 spiro atoms. The predicted molar refractivity (Wildman–Crippen MR) is 59.4 cm³/mol. The molecule has 0 aromatic rings. The molecule has 5 heteroatoms. The van der Waals surface area contributed by atoms with Gasteiger partial charge in [0, 0.05) is 26.2 Å². The molecule has 92 valence electrons. The van der Waals surface area contributed by atoms with Crippen molar-refractivity contribution in [3.63, 3.8) is 0 Å². The summed E-state index contributed by atoms with van der Waals surface area (Å²) < 4.78 is 10.9. The van der Waals surface area contributed by atoms with E-state index in [1.54, 1.807) is 0 Å². The second-order valence-corrected chi connectivity index (χ2v) is 4.54. The van der Waals surface area contributed by atoms with Crippen LogP contribution in [0.2, 0.25) is 0 Å². The number of hydrogen-bond acceptors (Lipinski definition) is 3. The first-order chi connectivity index (χ1) is 7.66. The predicted octanol–water partition coefficient (Wildman–Crippen LogP) is 0.548. The molecule has 2 amide bonds. The number of urea groups is 1. The van der Waals surface area contributed by atoms with Gasteiger partial charge in [-0.05, 0) is 13.8 Å². The third-order valence-electron chi connectivity index (χ3n) is 2.97. The van der Waals surface area contributed by atoms with Gasteiger partial charge in [0.25, 0.3) is 0 Å². The van der Waals surface area contributed by atoms with Gasteiger partial charge in [0.2, 0.25) is 0 Å². The molecule has 0 bridgehead atoms. The number of rotatable bonds is 0. The van der Waals surface area contributed by atoms with E-state index in [0.29, 0.717) is 39.4 Å². The van der Waals surface area contributed by atoms with E-state index in [0.717, 1.165) is 0 Å². The molecule has 2 heterocycles. The number of ether oxygens (including phenoxy) is 2. The molecule has 0 aromatic heterocycles. The van der Waals surface area contributed by atoms with Crippen LogP contribution in [0.25, 0.3) is 0 Å². The molecule has 2 aliphatic heterocycles. The van der Waals surface area contributed by atoms with Gasteiger partial charge in [0.05, 0.1) is 25.4 Å². The minimum absolute atomic E-state index is 0.130. The summed E-state index contributed by atoms with van der Waals surface area (Å²) in [6, 6.07) is 0.130. The Labute approximate surface area is 96.3 Å². The summed E-state index contributed by atoms with van der Waals surface area (Å²) in [6.07, 6.45) is 0.266. The normalized spacial score (nSPS) is 31.6. The summed E-state index contributed by atoms with van der Waals surface area (Å²) in [5.74, 6) is 0. The Morgan fingerprint density at radius 2 is 1.62 bits per heavy atom. The average Bonchev–Trinajstić information content (AvgIpc) is 2.28. The van der Waals surface area contributed by atoms with Crippen LogP contribution in [0.3, 0.4) is 0 Å². The molecule has 0 radical (unpaired) electrons. The van der Waals surface area contributed by atoms with Crippen molar-refractivity contribution in [2.75, 3.05) is 39.4 Å². The molecule has 2 fully saturated rings. The first-order valence-corrected chi connectivity index (χ1v) is 5.94. The van der Waals surface area contributed by atoms with E-state index >= 15 is 0 Å². The van der Waals surface area contributed by atoms with Crippen LogP contribution in [0.1, 0.15) is 13.8 Å². The minimum atomic E-state index is 0.130. The van der Waals surface area contributed by atoms with Gasteiger partial charge in [-0.25, -0.2) is 4.79 Å². The van der Waals surface area contributed by atoms with Crippen LogP contribution in [0.15, 0.2) is 0 Å². The fourth-order valence-corrected chi connectivity index (χ4v) is 2.29. The molecule has 2 aliphatic rings. The Kier molecular flexibility index (Phi) is 3.66. The van der Waals surface area contributed by atoms with Crippen LogP contribution in [-0.2, 0) is 9.47 Å². The molecule has 0 aromatic carbocycles. The molecule has 2 atom stereocenters. The van der Waals surface area contributed by atoms with Crippen molar-refractivity contribution in [2.45, 2.75) is 26.1 Å². The number of carbonyl (C=O) groups is 1. The van der Waals surface area contributed by atoms with E-state index in [-0.39, 0.29) is 18.2 Å². The van der Waals surface area contributed by atoms with Gasteiger partial charge in [0.1, 0.15) is 0 Å². The number of morpholine rings is 2. The maximum absolute atomic E-state index is 12.2. The second kappa shape index (κ2) is 5.01. The van der Waals surface area contributed by atoms with Gasteiger partial charge in [-0.15, -0.1) is 0 Å². The lowest BCUT2D eigenvalue weighted by Crippen LogP contribution is -2.54. The lowest BCUT2D eigenvalue weighted by Gasteiger charge is -2.39. The van der Waals surface area contributed by atoms with E-state index < -0.39 is 0 Å². The SMILES string of the molecule is C[C@@H]1CN(C(=O)N2CCOCC2)C[C@H](C)O1. The fourth-order valence-electron chi connectivity index (χ4n) is 2.29. The monoisotopic (exact) mass is 228 g/mol. The molecular formula is C11H20N2O3. The fraction of sp³-hybridized carbons (Fsp3) is 0.909. The average molecular weight is 228 g/mol. The van der Waals surface area contributed by atoms with Crippen LogP contribution in [-0.4, -0.2) is 67.4 Å². The Morgan fingerprint density at radius 1 is 1.06 bits per heavy atom. The Morgan fingerprint density at radius 3 is 2.19 bits per heavy atom. The summed E-state index contributed by atoms with van der Waals surface area (Å²) in [5.41, 5.74) is 0. The van der Waals surface area contributed by atoms with Crippen molar-refractivity contribution >= 4 is 6.03 Å². The summed E-state index contributed by atoms with van der Waals surface area (Å²) in [7, 11) is 0. The van der Waals surface area contributed by atoms with Crippen LogP contribution in [0.4, 0.5) is 4.79 Å². The van der Waals surface area contributed by atoms with Crippen molar-refractivity contribution in [2.24, 2.45) is 0 Å². The summed E-state index contributed by atoms with van der Waals surface area (Å²) in [6.45, 7) is 8.13. The standard InChI is InChI=1S/C11H20N2O3/c1-9-7-13(8-10(2)16-9)11(14)12-3-5-15-6-4-12/h9-10H,3-8H2,1-2H3/t9-,10+. The van der Waals surface area contributed by atoms with Crippen LogP contribution in [0, 0.1) is 0 Å². The smallest absolute Gasteiger partial charge is 0.320 e. The highest BCUT2D eigenvalue weighted by Gasteiger charge is 2.29. The lowest BCUT2D eigenvalue weighted by molar-refractivity contribution is -0.0610.